The molecule has 5 heteroatoms. The third-order valence-electron chi connectivity index (χ3n) is 2.67. The minimum Gasteiger partial charge on any atom is -0.266 e. The maximum Gasteiger partial charge on any atom is 0.289 e. The zero-order chi connectivity index (χ0) is 13.8. The molecule has 0 saturated heterocycles. The molecule has 0 N–H and O–H groups in total. The van der Waals surface area contributed by atoms with Crippen molar-refractivity contribution in [2.45, 2.75) is 13.8 Å². The van der Waals surface area contributed by atoms with Gasteiger partial charge in [-0.05, 0) is 37.6 Å². The van der Waals surface area contributed by atoms with Crippen LogP contribution in [0.3, 0.4) is 0 Å². The molecule has 0 atom stereocenters. The summed E-state index contributed by atoms with van der Waals surface area (Å²) in [4.78, 5) is 16.2. The van der Waals surface area contributed by atoms with Crippen LogP contribution < -0.4 is 5.56 Å². The maximum atomic E-state index is 12.1. The molecule has 2 rings (SSSR count). The molecule has 2 aromatic rings. The molecule has 19 heavy (non-hydrogen) atoms. The van der Waals surface area contributed by atoms with Crippen LogP contribution in [0.2, 0.25) is 0 Å². The van der Waals surface area contributed by atoms with Crippen molar-refractivity contribution < 1.29 is 0 Å². The summed E-state index contributed by atoms with van der Waals surface area (Å²) in [5.41, 5.74) is 1.69. The minimum atomic E-state index is -0.410. The summed E-state index contributed by atoms with van der Waals surface area (Å²) in [5, 5.41) is 13.1. The van der Waals surface area contributed by atoms with E-state index in [-0.39, 0.29) is 5.56 Å². The number of nitrogens with zero attached hydrogens (tertiary/aromatic N) is 4. The summed E-state index contributed by atoms with van der Waals surface area (Å²) < 4.78 is 1.21. The van der Waals surface area contributed by atoms with Crippen molar-refractivity contribution in [2.75, 3.05) is 0 Å². The summed E-state index contributed by atoms with van der Waals surface area (Å²) in [6.45, 7) is 3.51. The van der Waals surface area contributed by atoms with Gasteiger partial charge < -0.3 is 0 Å². The lowest BCUT2D eigenvalue weighted by molar-refractivity contribution is 0.786. The fourth-order valence-corrected chi connectivity index (χ4v) is 1.73. The molecule has 0 spiro atoms. The van der Waals surface area contributed by atoms with E-state index in [1.54, 1.807) is 38.2 Å². The van der Waals surface area contributed by atoms with Gasteiger partial charge in [0.05, 0.1) is 11.9 Å². The van der Waals surface area contributed by atoms with Crippen LogP contribution in [0, 0.1) is 25.2 Å². The van der Waals surface area contributed by atoms with Crippen LogP contribution in [-0.4, -0.2) is 15.9 Å². The Morgan fingerprint density at radius 1 is 1.42 bits per heavy atom. The largest absolute Gasteiger partial charge is 0.289 e. The lowest BCUT2D eigenvalue weighted by atomic mass is 10.1. The lowest BCUT2D eigenvalue weighted by Gasteiger charge is -2.05. The molecule has 0 fully saturated rings. The highest BCUT2D eigenvalue weighted by atomic mass is 16.1. The monoisotopic (exact) mass is 252 g/mol. The summed E-state index contributed by atoms with van der Waals surface area (Å²) >= 11 is 0. The average Bonchev–Trinajstić information content (AvgIpc) is 2.39. The molecule has 0 amide bonds. The molecule has 0 aromatic carbocycles. The first-order valence-electron chi connectivity index (χ1n) is 5.72. The van der Waals surface area contributed by atoms with Crippen molar-refractivity contribution in [1.82, 2.24) is 9.66 Å². The fraction of sp³-hybridized carbons (Fsp3) is 0.143. The van der Waals surface area contributed by atoms with Gasteiger partial charge in [0.2, 0.25) is 0 Å². The van der Waals surface area contributed by atoms with Crippen LogP contribution in [0.25, 0.3) is 0 Å². The topological polar surface area (TPSA) is 71.0 Å². The number of hydrogen-bond donors (Lipinski definition) is 0. The highest BCUT2D eigenvalue weighted by molar-refractivity contribution is 5.76. The number of rotatable bonds is 2. The molecule has 2 aromatic heterocycles. The molecule has 0 unspecified atom stereocenters. The maximum absolute atomic E-state index is 12.1. The predicted molar refractivity (Wildman–Crippen MR) is 72.1 cm³/mol. The molecule has 0 aliphatic rings. The summed E-state index contributed by atoms with van der Waals surface area (Å²) in [7, 11) is 0. The Balaban J connectivity index is 2.50. The summed E-state index contributed by atoms with van der Waals surface area (Å²) in [6, 6.07) is 9.08. The van der Waals surface area contributed by atoms with E-state index in [1.807, 2.05) is 12.1 Å². The molecule has 5 nitrogen and oxygen atoms in total. The first kappa shape index (κ1) is 12.7. The standard InChI is InChI=1S/C14H12N4O/c1-10-7-11(2)18(14(19)13(10)8-15)17-9-12-5-3-4-6-16-12/h3-7,9H,1-2H3/b17-9+. The first-order chi connectivity index (χ1) is 9.13. The van der Waals surface area contributed by atoms with Crippen molar-refractivity contribution in [2.24, 2.45) is 5.10 Å². The SMILES string of the molecule is Cc1cc(C)n(/N=C/c2ccccn2)c(=O)c1C#N. The van der Waals surface area contributed by atoms with Crippen molar-refractivity contribution in [1.29, 1.82) is 5.26 Å². The van der Waals surface area contributed by atoms with Gasteiger partial charge >= 0.3 is 0 Å². The number of hydrogen-bond acceptors (Lipinski definition) is 4. The number of aryl methyl sites for hydroxylation is 2. The quantitative estimate of drug-likeness (QED) is 0.762. The van der Waals surface area contributed by atoms with E-state index in [9.17, 15) is 4.79 Å². The molecule has 0 aliphatic heterocycles. The molecule has 0 radical (unpaired) electrons. The Bertz CT molecular complexity index is 724. The second kappa shape index (κ2) is 5.27. The van der Waals surface area contributed by atoms with Gasteiger partial charge in [-0.1, -0.05) is 6.07 Å². The fourth-order valence-electron chi connectivity index (χ4n) is 1.73. The Labute approximate surface area is 110 Å². The van der Waals surface area contributed by atoms with Gasteiger partial charge in [-0.2, -0.15) is 10.4 Å². The Morgan fingerprint density at radius 3 is 2.84 bits per heavy atom. The highest BCUT2D eigenvalue weighted by Crippen LogP contribution is 2.05. The minimum absolute atomic E-state index is 0.115. The smallest absolute Gasteiger partial charge is 0.266 e. The van der Waals surface area contributed by atoms with E-state index >= 15 is 0 Å². The first-order valence-corrected chi connectivity index (χ1v) is 5.72. The van der Waals surface area contributed by atoms with E-state index in [0.29, 0.717) is 17.0 Å². The Morgan fingerprint density at radius 2 is 2.21 bits per heavy atom. The van der Waals surface area contributed by atoms with Gasteiger partial charge in [-0.25, -0.2) is 4.68 Å². The number of pyridine rings is 2. The van der Waals surface area contributed by atoms with Crippen LogP contribution >= 0.6 is 0 Å². The third-order valence-corrected chi connectivity index (χ3v) is 2.67. The molecule has 0 saturated carbocycles. The van der Waals surface area contributed by atoms with Crippen molar-refractivity contribution in [3.8, 4) is 6.07 Å². The second-order valence-corrected chi connectivity index (χ2v) is 4.07. The van der Waals surface area contributed by atoms with Crippen molar-refractivity contribution >= 4 is 6.21 Å². The lowest BCUT2D eigenvalue weighted by Crippen LogP contribution is -2.22. The second-order valence-electron chi connectivity index (χ2n) is 4.07. The molecule has 0 aliphatic carbocycles. The van der Waals surface area contributed by atoms with E-state index in [1.165, 1.54) is 10.9 Å². The normalized spacial score (nSPS) is 10.6. The molecular weight excluding hydrogens is 240 g/mol. The third kappa shape index (κ3) is 2.58. The molecular formula is C14H12N4O. The van der Waals surface area contributed by atoms with E-state index in [0.717, 1.165) is 0 Å². The summed E-state index contributed by atoms with van der Waals surface area (Å²) in [5.74, 6) is 0. The summed E-state index contributed by atoms with van der Waals surface area (Å²) in [6.07, 6.45) is 3.14. The van der Waals surface area contributed by atoms with Gasteiger partial charge in [0.1, 0.15) is 11.6 Å². The molecule has 94 valence electrons. The van der Waals surface area contributed by atoms with E-state index < -0.39 is 5.56 Å². The highest BCUT2D eigenvalue weighted by Gasteiger charge is 2.08. The zero-order valence-electron chi connectivity index (χ0n) is 10.7. The zero-order valence-corrected chi connectivity index (χ0v) is 10.7. The van der Waals surface area contributed by atoms with Gasteiger partial charge in [0.25, 0.3) is 5.56 Å². The predicted octanol–water partition coefficient (Wildman–Crippen LogP) is 1.61. The van der Waals surface area contributed by atoms with E-state index in [2.05, 4.69) is 10.1 Å². The molecule has 0 bridgehead atoms. The van der Waals surface area contributed by atoms with Gasteiger partial charge in [0.15, 0.2) is 0 Å². The van der Waals surface area contributed by atoms with E-state index in [4.69, 9.17) is 5.26 Å². The molecule has 2 heterocycles. The average molecular weight is 252 g/mol. The Kier molecular flexibility index (Phi) is 3.53. The van der Waals surface area contributed by atoms with Gasteiger partial charge in [-0.3, -0.25) is 9.78 Å². The van der Waals surface area contributed by atoms with Gasteiger partial charge in [0, 0.05) is 11.9 Å². The van der Waals surface area contributed by atoms with Crippen LogP contribution in [0.15, 0.2) is 40.4 Å². The van der Waals surface area contributed by atoms with Crippen LogP contribution in [0.4, 0.5) is 0 Å². The number of nitriles is 1. The van der Waals surface area contributed by atoms with Gasteiger partial charge in [-0.15, -0.1) is 0 Å². The van der Waals surface area contributed by atoms with Crippen molar-refractivity contribution in [3.63, 3.8) is 0 Å². The van der Waals surface area contributed by atoms with Crippen LogP contribution in [0.5, 0.6) is 0 Å². The Hall–Kier alpha value is -2.74. The van der Waals surface area contributed by atoms with Crippen LogP contribution in [-0.2, 0) is 0 Å². The number of aromatic nitrogens is 2. The van der Waals surface area contributed by atoms with Crippen molar-refractivity contribution in [3.05, 3.63) is 63.3 Å². The van der Waals surface area contributed by atoms with Crippen LogP contribution in [0.1, 0.15) is 22.5 Å².